The molecular formula is C26H19ClN4O3. The molecule has 8 heteroatoms. The normalized spacial score (nSPS) is 13.2. The molecule has 1 aliphatic rings. The van der Waals surface area contributed by atoms with Gasteiger partial charge in [0.05, 0.1) is 5.69 Å². The van der Waals surface area contributed by atoms with Crippen molar-refractivity contribution in [2.45, 2.75) is 6.42 Å². The molecule has 0 saturated heterocycles. The Bertz CT molecular complexity index is 1450. The first kappa shape index (κ1) is 21.5. The quantitative estimate of drug-likeness (QED) is 0.337. The number of benzene rings is 2. The number of anilines is 2. The number of carboxylic acid groups (broad SMARTS) is 1. The molecule has 0 aliphatic heterocycles. The molecule has 0 fully saturated rings. The molecule has 0 saturated carbocycles. The number of ether oxygens (including phenoxy) is 1. The second-order valence-corrected chi connectivity index (χ2v) is 7.98. The monoisotopic (exact) mass is 470 g/mol. The van der Waals surface area contributed by atoms with Gasteiger partial charge >= 0.3 is 5.97 Å². The number of carboxylic acids is 1. The number of fused-ring (bicyclic) bond motifs is 1. The van der Waals surface area contributed by atoms with E-state index in [2.05, 4.69) is 15.4 Å². The zero-order valence-corrected chi connectivity index (χ0v) is 18.6. The molecule has 7 nitrogen and oxygen atoms in total. The summed E-state index contributed by atoms with van der Waals surface area (Å²) in [6.45, 7) is 0. The fraction of sp³-hybridized carbons (Fsp3) is 0.0385. The van der Waals surface area contributed by atoms with E-state index in [0.717, 1.165) is 17.0 Å². The summed E-state index contributed by atoms with van der Waals surface area (Å²) in [4.78, 5) is 16.1. The number of para-hydroxylation sites is 1. The third-order valence-electron chi connectivity index (χ3n) is 5.14. The van der Waals surface area contributed by atoms with E-state index in [0.29, 0.717) is 34.4 Å². The van der Waals surface area contributed by atoms with Crippen LogP contribution in [0.3, 0.4) is 0 Å². The van der Waals surface area contributed by atoms with Gasteiger partial charge in [-0.2, -0.15) is 9.61 Å². The van der Waals surface area contributed by atoms with Crippen molar-refractivity contribution < 1.29 is 14.6 Å². The number of nitrogens with one attached hydrogen (secondary N) is 1. The van der Waals surface area contributed by atoms with Gasteiger partial charge in [-0.3, -0.25) is 0 Å². The van der Waals surface area contributed by atoms with Crippen LogP contribution in [0.1, 0.15) is 22.6 Å². The van der Waals surface area contributed by atoms with Gasteiger partial charge in [-0.1, -0.05) is 42.0 Å². The predicted octanol–water partition coefficient (Wildman–Crippen LogP) is 6.43. The highest BCUT2D eigenvalue weighted by Crippen LogP contribution is 2.28. The van der Waals surface area contributed by atoms with Crippen LogP contribution >= 0.6 is 11.6 Å². The summed E-state index contributed by atoms with van der Waals surface area (Å²) in [6, 6.07) is 20.3. The lowest BCUT2D eigenvalue weighted by Crippen LogP contribution is -2.05. The van der Waals surface area contributed by atoms with Gasteiger partial charge in [-0.15, -0.1) is 0 Å². The predicted molar refractivity (Wildman–Crippen MR) is 132 cm³/mol. The maximum absolute atomic E-state index is 11.5. The number of aromatic carboxylic acids is 1. The Balaban J connectivity index is 1.49. The third-order valence-corrected chi connectivity index (χ3v) is 5.39. The minimum absolute atomic E-state index is 0.0861. The van der Waals surface area contributed by atoms with Crippen molar-refractivity contribution in [3.8, 4) is 11.5 Å². The molecule has 1 aliphatic carbocycles. The minimum atomic E-state index is -1.12. The van der Waals surface area contributed by atoms with Gasteiger partial charge in [0, 0.05) is 22.9 Å². The third kappa shape index (κ3) is 4.69. The highest BCUT2D eigenvalue weighted by atomic mass is 35.5. The first-order valence-electron chi connectivity index (χ1n) is 10.5. The van der Waals surface area contributed by atoms with Crippen LogP contribution in [0.2, 0.25) is 0 Å². The molecule has 0 amide bonds. The minimum Gasteiger partial charge on any atom is -0.476 e. The maximum atomic E-state index is 11.5. The van der Waals surface area contributed by atoms with Gasteiger partial charge in [-0.25, -0.2) is 9.78 Å². The van der Waals surface area contributed by atoms with Crippen LogP contribution in [0.25, 0.3) is 11.2 Å². The number of hydrogen-bond donors (Lipinski definition) is 2. The Morgan fingerprint density at radius 2 is 1.79 bits per heavy atom. The van der Waals surface area contributed by atoms with E-state index in [1.807, 2.05) is 85.0 Å². The SMILES string of the molecule is O=C(O)c1cc2nc(C3=CC=C(Cl)C=CC3)cc(Nc3ccc(Oc4ccccc4)cc3)n2n1. The molecule has 0 spiro atoms. The van der Waals surface area contributed by atoms with Gasteiger partial charge in [0.25, 0.3) is 0 Å². The summed E-state index contributed by atoms with van der Waals surface area (Å²) in [7, 11) is 0. The van der Waals surface area contributed by atoms with Crippen LogP contribution in [0, 0.1) is 0 Å². The van der Waals surface area contributed by atoms with Gasteiger partial charge in [0.1, 0.15) is 17.3 Å². The number of hydrogen-bond acceptors (Lipinski definition) is 5. The molecule has 5 rings (SSSR count). The van der Waals surface area contributed by atoms with Crippen molar-refractivity contribution >= 4 is 40.3 Å². The second-order valence-electron chi connectivity index (χ2n) is 7.55. The van der Waals surface area contributed by atoms with E-state index in [1.54, 1.807) is 0 Å². The van der Waals surface area contributed by atoms with E-state index in [9.17, 15) is 9.90 Å². The van der Waals surface area contributed by atoms with Crippen molar-refractivity contribution in [1.82, 2.24) is 14.6 Å². The summed E-state index contributed by atoms with van der Waals surface area (Å²) in [5.41, 5.74) is 2.76. The molecule has 4 aromatic rings. The van der Waals surface area contributed by atoms with Gasteiger partial charge < -0.3 is 15.2 Å². The fourth-order valence-corrected chi connectivity index (χ4v) is 3.66. The number of aromatic nitrogens is 3. The van der Waals surface area contributed by atoms with E-state index in [4.69, 9.17) is 16.3 Å². The molecule has 168 valence electrons. The Labute approximate surface area is 200 Å². The van der Waals surface area contributed by atoms with Crippen molar-refractivity contribution in [1.29, 1.82) is 0 Å². The van der Waals surface area contributed by atoms with Crippen molar-refractivity contribution in [3.63, 3.8) is 0 Å². The van der Waals surface area contributed by atoms with E-state index >= 15 is 0 Å². The van der Waals surface area contributed by atoms with Gasteiger partial charge in [0.15, 0.2) is 11.3 Å². The lowest BCUT2D eigenvalue weighted by Gasteiger charge is -2.12. The topological polar surface area (TPSA) is 88.8 Å². The van der Waals surface area contributed by atoms with Crippen LogP contribution in [-0.4, -0.2) is 25.7 Å². The lowest BCUT2D eigenvalue weighted by molar-refractivity contribution is 0.0690. The van der Waals surface area contributed by atoms with Crippen LogP contribution in [-0.2, 0) is 0 Å². The average Bonchev–Trinajstić information content (AvgIpc) is 3.17. The number of allylic oxidation sites excluding steroid dienone is 6. The highest BCUT2D eigenvalue weighted by Gasteiger charge is 2.16. The van der Waals surface area contributed by atoms with Crippen molar-refractivity contribution in [2.24, 2.45) is 0 Å². The van der Waals surface area contributed by atoms with Crippen LogP contribution in [0.15, 0.2) is 96.1 Å². The summed E-state index contributed by atoms with van der Waals surface area (Å²) in [5, 5.41) is 17.6. The first-order valence-corrected chi connectivity index (χ1v) is 10.9. The molecule has 2 aromatic carbocycles. The maximum Gasteiger partial charge on any atom is 0.356 e. The smallest absolute Gasteiger partial charge is 0.356 e. The van der Waals surface area contributed by atoms with E-state index in [-0.39, 0.29) is 5.69 Å². The standard InChI is InChI=1S/C26H19ClN4O3/c27-18-6-4-5-17(9-10-18)22-15-24(31-25(29-22)16-23(30-31)26(32)33)28-19-11-13-21(14-12-19)34-20-7-2-1-3-8-20/h1-4,6-16,28H,5H2,(H,32,33). The average molecular weight is 471 g/mol. The second kappa shape index (κ2) is 9.25. The number of nitrogens with zero attached hydrogens (tertiary/aromatic N) is 3. The molecule has 0 unspecified atom stereocenters. The number of carbonyl (C=O) groups is 1. The van der Waals surface area contributed by atoms with Crippen molar-refractivity contribution in [3.05, 3.63) is 107 Å². The Morgan fingerprint density at radius 1 is 1.03 bits per heavy atom. The molecule has 2 heterocycles. The molecule has 2 N–H and O–H groups in total. The Kier molecular flexibility index (Phi) is 5.84. The van der Waals surface area contributed by atoms with Gasteiger partial charge in [0.2, 0.25) is 0 Å². The van der Waals surface area contributed by atoms with E-state index in [1.165, 1.54) is 10.6 Å². The van der Waals surface area contributed by atoms with E-state index < -0.39 is 5.97 Å². The highest BCUT2D eigenvalue weighted by molar-refractivity contribution is 6.31. The zero-order valence-electron chi connectivity index (χ0n) is 17.9. The lowest BCUT2D eigenvalue weighted by atomic mass is 10.1. The summed E-state index contributed by atoms with van der Waals surface area (Å²) >= 11 is 6.12. The molecule has 2 aromatic heterocycles. The van der Waals surface area contributed by atoms with Crippen LogP contribution in [0.5, 0.6) is 11.5 Å². The largest absolute Gasteiger partial charge is 0.476 e. The molecule has 34 heavy (non-hydrogen) atoms. The zero-order chi connectivity index (χ0) is 23.5. The molecule has 0 bridgehead atoms. The number of halogens is 1. The summed E-state index contributed by atoms with van der Waals surface area (Å²) in [5.74, 6) is 0.908. The number of rotatable bonds is 6. The van der Waals surface area contributed by atoms with Crippen molar-refractivity contribution in [2.75, 3.05) is 5.32 Å². The Hall–Kier alpha value is -4.36. The molecular weight excluding hydrogens is 452 g/mol. The summed E-state index contributed by atoms with van der Waals surface area (Å²) in [6.07, 6.45) is 8.16. The summed E-state index contributed by atoms with van der Waals surface area (Å²) < 4.78 is 7.34. The van der Waals surface area contributed by atoms with Crippen LogP contribution < -0.4 is 10.1 Å². The Morgan fingerprint density at radius 3 is 2.56 bits per heavy atom. The van der Waals surface area contributed by atoms with Gasteiger partial charge in [-0.05, 0) is 60.5 Å². The van der Waals surface area contributed by atoms with Crippen LogP contribution in [0.4, 0.5) is 11.5 Å². The molecule has 0 atom stereocenters. The first-order chi connectivity index (χ1) is 16.5. The fourth-order valence-electron chi connectivity index (χ4n) is 3.50. The molecule has 0 radical (unpaired) electrons.